The molecule has 6 heteroatoms. The van der Waals surface area contributed by atoms with Crippen molar-refractivity contribution >= 4 is 16.9 Å². The van der Waals surface area contributed by atoms with E-state index in [1.54, 1.807) is 22.4 Å². The van der Waals surface area contributed by atoms with Crippen molar-refractivity contribution in [1.29, 1.82) is 0 Å². The Bertz CT molecular complexity index is 1170. The number of anilines is 1. The van der Waals surface area contributed by atoms with E-state index in [1.165, 1.54) is 0 Å². The molecule has 4 rings (SSSR count). The third-order valence-corrected chi connectivity index (χ3v) is 4.80. The van der Waals surface area contributed by atoms with Crippen LogP contribution in [0, 0.1) is 0 Å². The van der Waals surface area contributed by atoms with Crippen LogP contribution < -0.4 is 15.3 Å². The van der Waals surface area contributed by atoms with Crippen LogP contribution in [0.1, 0.15) is 5.56 Å². The molecule has 0 fully saturated rings. The minimum absolute atomic E-state index is 0.126. The summed E-state index contributed by atoms with van der Waals surface area (Å²) in [5.74, 6) is 0.695. The number of benzene rings is 2. The first-order valence-corrected chi connectivity index (χ1v) is 9.05. The first-order chi connectivity index (χ1) is 13.6. The highest BCUT2D eigenvalue weighted by Crippen LogP contribution is 2.21. The zero-order valence-corrected chi connectivity index (χ0v) is 16.2. The fourth-order valence-electron chi connectivity index (χ4n) is 3.30. The van der Waals surface area contributed by atoms with Crippen LogP contribution in [0.25, 0.3) is 16.9 Å². The SMILES string of the molecule is COc1cccc(-n2c(=O)n(Cc3ccc(N(C)C)cc3)c3cccnc32)c1. The lowest BCUT2D eigenvalue weighted by molar-refractivity contribution is 0.414. The molecule has 0 atom stereocenters. The molecule has 2 heterocycles. The number of ether oxygens (including phenoxy) is 1. The average molecular weight is 374 g/mol. The summed E-state index contributed by atoms with van der Waals surface area (Å²) >= 11 is 0. The van der Waals surface area contributed by atoms with E-state index in [4.69, 9.17) is 4.74 Å². The fourth-order valence-corrected chi connectivity index (χ4v) is 3.30. The summed E-state index contributed by atoms with van der Waals surface area (Å²) in [5.41, 5.74) is 4.21. The van der Waals surface area contributed by atoms with E-state index in [0.29, 0.717) is 17.9 Å². The number of nitrogens with zero attached hydrogens (tertiary/aromatic N) is 4. The summed E-state index contributed by atoms with van der Waals surface area (Å²) in [6, 6.07) is 19.4. The van der Waals surface area contributed by atoms with Crippen LogP contribution >= 0.6 is 0 Å². The van der Waals surface area contributed by atoms with Gasteiger partial charge in [0.25, 0.3) is 0 Å². The molecule has 6 nitrogen and oxygen atoms in total. The van der Waals surface area contributed by atoms with Crippen LogP contribution in [0.3, 0.4) is 0 Å². The van der Waals surface area contributed by atoms with Crippen molar-refractivity contribution in [3.8, 4) is 11.4 Å². The zero-order valence-electron chi connectivity index (χ0n) is 16.2. The number of methoxy groups -OCH3 is 1. The number of hydrogen-bond acceptors (Lipinski definition) is 4. The molecule has 0 unspecified atom stereocenters. The van der Waals surface area contributed by atoms with Crippen molar-refractivity contribution in [3.05, 3.63) is 82.9 Å². The standard InChI is InChI=1S/C22H22N4O2/c1-24(2)17-11-9-16(10-12-17)15-25-20-8-5-13-23-21(20)26(22(25)27)18-6-4-7-19(14-18)28-3/h4-14H,15H2,1-3H3. The van der Waals surface area contributed by atoms with E-state index in [1.807, 2.05) is 62.6 Å². The molecule has 0 N–H and O–H groups in total. The Labute approximate surface area is 163 Å². The molecular weight excluding hydrogens is 352 g/mol. The number of hydrogen-bond donors (Lipinski definition) is 0. The highest BCUT2D eigenvalue weighted by Gasteiger charge is 2.16. The Morgan fingerprint density at radius 1 is 1.04 bits per heavy atom. The molecule has 0 radical (unpaired) electrons. The number of rotatable bonds is 5. The van der Waals surface area contributed by atoms with E-state index in [0.717, 1.165) is 22.5 Å². The second kappa shape index (κ2) is 7.23. The van der Waals surface area contributed by atoms with Gasteiger partial charge in [0.05, 0.1) is 24.9 Å². The molecule has 0 spiro atoms. The minimum atomic E-state index is -0.126. The van der Waals surface area contributed by atoms with E-state index in [9.17, 15) is 4.79 Å². The van der Waals surface area contributed by atoms with E-state index in [2.05, 4.69) is 22.0 Å². The maximum Gasteiger partial charge on any atom is 0.335 e. The Kier molecular flexibility index (Phi) is 4.61. The summed E-state index contributed by atoms with van der Waals surface area (Å²) in [6.07, 6.45) is 1.70. The molecule has 0 aliphatic carbocycles. The van der Waals surface area contributed by atoms with Crippen LogP contribution in [-0.2, 0) is 6.54 Å². The van der Waals surface area contributed by atoms with E-state index in [-0.39, 0.29) is 5.69 Å². The van der Waals surface area contributed by atoms with E-state index >= 15 is 0 Å². The number of fused-ring (bicyclic) bond motifs is 1. The second-order valence-electron chi connectivity index (χ2n) is 6.81. The van der Waals surface area contributed by atoms with Gasteiger partial charge in [-0.05, 0) is 42.0 Å². The van der Waals surface area contributed by atoms with Gasteiger partial charge in [-0.15, -0.1) is 0 Å². The molecular formula is C22H22N4O2. The van der Waals surface area contributed by atoms with Crippen LogP contribution in [0.4, 0.5) is 5.69 Å². The molecule has 0 bridgehead atoms. The second-order valence-corrected chi connectivity index (χ2v) is 6.81. The monoisotopic (exact) mass is 374 g/mol. The van der Waals surface area contributed by atoms with Gasteiger partial charge in [0.15, 0.2) is 5.65 Å². The maximum atomic E-state index is 13.3. The van der Waals surface area contributed by atoms with Crippen molar-refractivity contribution in [3.63, 3.8) is 0 Å². The van der Waals surface area contributed by atoms with Crippen LogP contribution in [0.2, 0.25) is 0 Å². The molecule has 2 aromatic heterocycles. The number of aromatic nitrogens is 3. The predicted molar refractivity (Wildman–Crippen MR) is 112 cm³/mol. The molecule has 0 saturated carbocycles. The summed E-state index contributed by atoms with van der Waals surface area (Å²) < 4.78 is 8.70. The molecule has 0 amide bonds. The lowest BCUT2D eigenvalue weighted by Gasteiger charge is -2.12. The zero-order chi connectivity index (χ0) is 19.7. The number of pyridine rings is 1. The topological polar surface area (TPSA) is 52.3 Å². The molecule has 0 aliphatic rings. The fraction of sp³-hybridized carbons (Fsp3) is 0.182. The van der Waals surface area contributed by atoms with Crippen LogP contribution in [-0.4, -0.2) is 35.3 Å². The summed E-state index contributed by atoms with van der Waals surface area (Å²) in [7, 11) is 5.63. The highest BCUT2D eigenvalue weighted by molar-refractivity contribution is 5.74. The van der Waals surface area contributed by atoms with Gasteiger partial charge in [-0.3, -0.25) is 4.57 Å². The van der Waals surface area contributed by atoms with Crippen LogP contribution in [0.15, 0.2) is 71.7 Å². The van der Waals surface area contributed by atoms with Gasteiger partial charge in [0.2, 0.25) is 0 Å². The number of imidazole rings is 1. The van der Waals surface area contributed by atoms with Crippen molar-refractivity contribution in [2.24, 2.45) is 0 Å². The van der Waals surface area contributed by atoms with Gasteiger partial charge in [-0.25, -0.2) is 14.3 Å². The minimum Gasteiger partial charge on any atom is -0.497 e. The van der Waals surface area contributed by atoms with Gasteiger partial charge < -0.3 is 9.64 Å². The maximum absolute atomic E-state index is 13.3. The Morgan fingerprint density at radius 3 is 2.54 bits per heavy atom. The molecule has 0 aliphatic heterocycles. The third kappa shape index (κ3) is 3.13. The smallest absolute Gasteiger partial charge is 0.335 e. The highest BCUT2D eigenvalue weighted by atomic mass is 16.5. The normalized spacial score (nSPS) is 11.0. The molecule has 2 aromatic carbocycles. The molecule has 142 valence electrons. The van der Waals surface area contributed by atoms with E-state index < -0.39 is 0 Å². The first kappa shape index (κ1) is 17.9. The van der Waals surface area contributed by atoms with Gasteiger partial charge in [-0.2, -0.15) is 0 Å². The average Bonchev–Trinajstić information content (AvgIpc) is 3.00. The van der Waals surface area contributed by atoms with Gasteiger partial charge in [-0.1, -0.05) is 18.2 Å². The molecule has 0 saturated heterocycles. The van der Waals surface area contributed by atoms with Gasteiger partial charge in [0.1, 0.15) is 5.75 Å². The summed E-state index contributed by atoms with van der Waals surface area (Å²) in [5, 5.41) is 0. The van der Waals surface area contributed by atoms with Crippen molar-refractivity contribution in [2.75, 3.05) is 26.1 Å². The third-order valence-electron chi connectivity index (χ3n) is 4.80. The van der Waals surface area contributed by atoms with Crippen LogP contribution in [0.5, 0.6) is 5.75 Å². The Morgan fingerprint density at radius 2 is 1.82 bits per heavy atom. The predicted octanol–water partition coefficient (Wildman–Crippen LogP) is 3.31. The van der Waals surface area contributed by atoms with Gasteiger partial charge >= 0.3 is 5.69 Å². The van der Waals surface area contributed by atoms with Crippen molar-refractivity contribution in [2.45, 2.75) is 6.54 Å². The van der Waals surface area contributed by atoms with Crippen molar-refractivity contribution < 1.29 is 4.74 Å². The van der Waals surface area contributed by atoms with Gasteiger partial charge in [0, 0.05) is 32.0 Å². The Hall–Kier alpha value is -3.54. The largest absolute Gasteiger partial charge is 0.497 e. The first-order valence-electron chi connectivity index (χ1n) is 9.05. The quantitative estimate of drug-likeness (QED) is 0.538. The Balaban J connectivity index is 1.83. The summed E-state index contributed by atoms with van der Waals surface area (Å²) in [4.78, 5) is 19.8. The molecule has 4 aromatic rings. The van der Waals surface area contributed by atoms with Crippen molar-refractivity contribution in [1.82, 2.24) is 14.1 Å². The lowest BCUT2D eigenvalue weighted by Crippen LogP contribution is -2.23. The lowest BCUT2D eigenvalue weighted by atomic mass is 10.2. The summed E-state index contributed by atoms with van der Waals surface area (Å²) in [6.45, 7) is 0.478. The molecule has 28 heavy (non-hydrogen) atoms.